The predicted octanol–water partition coefficient (Wildman–Crippen LogP) is 5.79. The van der Waals surface area contributed by atoms with Gasteiger partial charge < -0.3 is 0 Å². The highest BCUT2D eigenvalue weighted by Gasteiger charge is 2.63. The van der Waals surface area contributed by atoms with Crippen LogP contribution >= 0.6 is 11.8 Å². The molecule has 0 aromatic heterocycles. The van der Waals surface area contributed by atoms with Gasteiger partial charge in [0, 0.05) is 5.92 Å². The summed E-state index contributed by atoms with van der Waals surface area (Å²) < 4.78 is 0. The van der Waals surface area contributed by atoms with E-state index >= 15 is 0 Å². The molecule has 6 rings (SSSR count). The van der Waals surface area contributed by atoms with Gasteiger partial charge in [0.2, 0.25) is 5.91 Å². The van der Waals surface area contributed by atoms with E-state index in [-0.39, 0.29) is 40.6 Å². The quantitative estimate of drug-likeness (QED) is 0.536. The van der Waals surface area contributed by atoms with Crippen LogP contribution in [0.3, 0.4) is 0 Å². The van der Waals surface area contributed by atoms with E-state index in [0.717, 1.165) is 53.7 Å². The molecule has 4 nitrogen and oxygen atoms in total. The van der Waals surface area contributed by atoms with Gasteiger partial charge in [-0.25, -0.2) is 0 Å². The largest absolute Gasteiger partial charge is 0.297 e. The molecule has 9 unspecified atom stereocenters. The SMILES string of the molecule is CC1CCC2C(CCC3C2CCC2(C)C(C(=O)CN4C(=O)CSC4=O)CC(C4CC4)C32)C1. The summed E-state index contributed by atoms with van der Waals surface area (Å²) in [6.45, 7) is 4.90. The van der Waals surface area contributed by atoms with Crippen LogP contribution in [0.5, 0.6) is 0 Å². The third-order valence-corrected chi connectivity index (χ3v) is 11.9. The summed E-state index contributed by atoms with van der Waals surface area (Å²) in [6, 6.07) is 0. The summed E-state index contributed by atoms with van der Waals surface area (Å²) in [5.41, 5.74) is 0.0687. The molecule has 9 atom stereocenters. The van der Waals surface area contributed by atoms with Gasteiger partial charge in [-0.2, -0.15) is 0 Å². The van der Waals surface area contributed by atoms with Crippen molar-refractivity contribution in [3.63, 3.8) is 0 Å². The molecule has 6 fully saturated rings. The van der Waals surface area contributed by atoms with Crippen molar-refractivity contribution in [3.8, 4) is 0 Å². The minimum atomic E-state index is -0.227. The molecule has 1 aliphatic heterocycles. The molecular weight excluding hydrogens is 418 g/mol. The smallest absolute Gasteiger partial charge is 0.289 e. The zero-order chi connectivity index (χ0) is 22.2. The number of hydrogen-bond acceptors (Lipinski definition) is 4. The van der Waals surface area contributed by atoms with E-state index in [0.29, 0.717) is 11.8 Å². The normalized spacial score (nSPS) is 48.4. The zero-order valence-corrected chi connectivity index (χ0v) is 20.6. The van der Waals surface area contributed by atoms with E-state index in [9.17, 15) is 14.4 Å². The van der Waals surface area contributed by atoms with Gasteiger partial charge >= 0.3 is 0 Å². The molecule has 6 aliphatic rings. The van der Waals surface area contributed by atoms with Gasteiger partial charge in [0.1, 0.15) is 0 Å². The molecule has 5 heteroatoms. The van der Waals surface area contributed by atoms with Crippen LogP contribution in [0, 0.1) is 58.7 Å². The Kier molecular flexibility index (Phi) is 5.32. The lowest BCUT2D eigenvalue weighted by atomic mass is 9.48. The van der Waals surface area contributed by atoms with E-state index in [2.05, 4.69) is 13.8 Å². The molecule has 2 amide bonds. The Morgan fingerprint density at radius 1 is 0.938 bits per heavy atom. The second-order valence-corrected chi connectivity index (χ2v) is 13.5. The first kappa shape index (κ1) is 21.7. The highest BCUT2D eigenvalue weighted by atomic mass is 32.2. The molecule has 0 aromatic rings. The average molecular weight is 458 g/mol. The van der Waals surface area contributed by atoms with Crippen LogP contribution in [-0.2, 0) is 9.59 Å². The van der Waals surface area contributed by atoms with E-state index in [1.54, 1.807) is 0 Å². The van der Waals surface area contributed by atoms with E-state index in [1.165, 1.54) is 62.7 Å². The number of thioether (sulfide) groups is 1. The standard InChI is InChI=1S/C27H39NO3S/c1-15-3-7-18-17(11-15)6-8-20-19(18)9-10-27(2)22(12-21(25(20)27)16-4-5-16)23(29)13-28-24(30)14-32-26(28)31/h15-22,25H,3-14H2,1-2H3. The summed E-state index contributed by atoms with van der Waals surface area (Å²) in [5, 5.41) is -0.227. The van der Waals surface area contributed by atoms with Crippen LogP contribution in [-0.4, -0.2) is 34.1 Å². The molecule has 1 saturated heterocycles. The van der Waals surface area contributed by atoms with Crippen molar-refractivity contribution >= 4 is 28.7 Å². The maximum absolute atomic E-state index is 13.6. The van der Waals surface area contributed by atoms with Crippen LogP contribution in [0.15, 0.2) is 0 Å². The molecule has 0 bridgehead atoms. The van der Waals surface area contributed by atoms with Gasteiger partial charge in [-0.1, -0.05) is 32.0 Å². The molecular formula is C27H39NO3S. The molecule has 0 spiro atoms. The van der Waals surface area contributed by atoms with Gasteiger partial charge in [-0.15, -0.1) is 0 Å². The minimum Gasteiger partial charge on any atom is -0.297 e. The Bertz CT molecular complexity index is 808. The molecule has 0 radical (unpaired) electrons. The lowest BCUT2D eigenvalue weighted by molar-refractivity contribution is -0.136. The fraction of sp³-hybridized carbons (Fsp3) is 0.889. The Morgan fingerprint density at radius 3 is 2.41 bits per heavy atom. The first-order chi connectivity index (χ1) is 15.4. The third kappa shape index (κ3) is 3.34. The monoisotopic (exact) mass is 457 g/mol. The van der Waals surface area contributed by atoms with E-state index in [4.69, 9.17) is 0 Å². The fourth-order valence-corrected chi connectivity index (χ4v) is 10.3. The number of Topliss-reactive ketones (excluding diaryl/α,β-unsaturated/α-hetero) is 1. The molecule has 0 aromatic carbocycles. The van der Waals surface area contributed by atoms with Crippen LogP contribution in [0.2, 0.25) is 0 Å². The maximum Gasteiger partial charge on any atom is 0.289 e. The van der Waals surface area contributed by atoms with Crippen molar-refractivity contribution in [2.45, 2.75) is 78.1 Å². The highest BCUT2D eigenvalue weighted by molar-refractivity contribution is 8.14. The Morgan fingerprint density at radius 2 is 1.69 bits per heavy atom. The number of ketones is 1. The molecule has 32 heavy (non-hydrogen) atoms. The first-order valence-corrected chi connectivity index (χ1v) is 14.3. The van der Waals surface area contributed by atoms with Crippen LogP contribution in [0.1, 0.15) is 78.1 Å². The van der Waals surface area contributed by atoms with Crippen LogP contribution in [0.4, 0.5) is 4.79 Å². The Hall–Kier alpha value is -0.840. The maximum atomic E-state index is 13.6. The van der Waals surface area contributed by atoms with Crippen LogP contribution < -0.4 is 0 Å². The Balaban J connectivity index is 1.26. The van der Waals surface area contributed by atoms with E-state index < -0.39 is 0 Å². The number of amides is 2. The van der Waals surface area contributed by atoms with Crippen molar-refractivity contribution in [3.05, 3.63) is 0 Å². The number of nitrogens with zero attached hydrogens (tertiary/aromatic N) is 1. The first-order valence-electron chi connectivity index (χ1n) is 13.4. The third-order valence-electron chi connectivity index (χ3n) is 11.0. The number of rotatable bonds is 4. The number of carbonyl (C=O) groups is 3. The topological polar surface area (TPSA) is 54.5 Å². The average Bonchev–Trinajstić information content (AvgIpc) is 3.50. The van der Waals surface area contributed by atoms with Gasteiger partial charge in [-0.05, 0) is 111 Å². The minimum absolute atomic E-state index is 0.0196. The fourth-order valence-electron chi connectivity index (χ4n) is 9.57. The summed E-state index contributed by atoms with van der Waals surface area (Å²) in [7, 11) is 0. The highest BCUT2D eigenvalue weighted by Crippen LogP contribution is 2.69. The summed E-state index contributed by atoms with van der Waals surface area (Å²) in [4.78, 5) is 39.1. The van der Waals surface area contributed by atoms with Crippen molar-refractivity contribution in [1.29, 1.82) is 0 Å². The van der Waals surface area contributed by atoms with Crippen LogP contribution in [0.25, 0.3) is 0 Å². The van der Waals surface area contributed by atoms with Crippen molar-refractivity contribution in [1.82, 2.24) is 4.90 Å². The summed E-state index contributed by atoms with van der Waals surface area (Å²) >= 11 is 1.05. The van der Waals surface area contributed by atoms with Gasteiger partial charge in [-0.3, -0.25) is 19.3 Å². The van der Waals surface area contributed by atoms with Gasteiger partial charge in [0.25, 0.3) is 5.24 Å². The Labute approximate surface area is 197 Å². The van der Waals surface area contributed by atoms with Crippen molar-refractivity contribution in [2.24, 2.45) is 58.7 Å². The molecule has 5 saturated carbocycles. The molecule has 176 valence electrons. The zero-order valence-electron chi connectivity index (χ0n) is 19.8. The number of imide groups is 1. The van der Waals surface area contributed by atoms with Crippen molar-refractivity contribution in [2.75, 3.05) is 12.3 Å². The lowest BCUT2D eigenvalue weighted by Gasteiger charge is -2.57. The van der Waals surface area contributed by atoms with Crippen molar-refractivity contribution < 1.29 is 14.4 Å². The van der Waals surface area contributed by atoms with Gasteiger partial charge in [0.05, 0.1) is 12.3 Å². The number of carbonyl (C=O) groups excluding carboxylic acids is 3. The summed E-state index contributed by atoms with van der Waals surface area (Å²) in [6.07, 6.45) is 13.3. The molecule has 5 aliphatic carbocycles. The van der Waals surface area contributed by atoms with Gasteiger partial charge in [0.15, 0.2) is 5.78 Å². The number of fused-ring (bicyclic) bond motifs is 5. The molecule has 1 heterocycles. The van der Waals surface area contributed by atoms with E-state index in [1.807, 2.05) is 0 Å². The lowest BCUT2D eigenvalue weighted by Crippen LogP contribution is -2.51. The molecule has 0 N–H and O–H groups in total. The summed E-state index contributed by atoms with van der Waals surface area (Å²) in [5.74, 6) is 6.90. The second kappa shape index (κ2) is 7.85. The number of hydrogen-bond donors (Lipinski definition) is 0. The predicted molar refractivity (Wildman–Crippen MR) is 126 cm³/mol. The second-order valence-electron chi connectivity index (χ2n) is 12.6.